The molecule has 0 aliphatic heterocycles. The molecule has 0 bridgehead atoms. The molecule has 0 saturated carbocycles. The number of carbonyl (C=O) groups is 2. The second kappa shape index (κ2) is 9.45. The Morgan fingerprint density at radius 2 is 1.97 bits per heavy atom. The van der Waals surface area contributed by atoms with Crippen molar-refractivity contribution in [3.8, 4) is 11.3 Å². The first kappa shape index (κ1) is 21.3. The average molecular weight is 444 g/mol. The topological polar surface area (TPSA) is 75.4 Å². The fourth-order valence-corrected chi connectivity index (χ4v) is 3.99. The van der Waals surface area contributed by atoms with Gasteiger partial charge >= 0.3 is 0 Å². The van der Waals surface area contributed by atoms with E-state index in [-0.39, 0.29) is 17.6 Å². The Morgan fingerprint density at radius 3 is 2.69 bits per heavy atom. The largest absolute Gasteiger partial charge is 0.459 e. The van der Waals surface area contributed by atoms with Gasteiger partial charge in [-0.1, -0.05) is 42.5 Å². The molecule has 0 fully saturated rings. The van der Waals surface area contributed by atoms with Gasteiger partial charge in [-0.05, 0) is 36.8 Å². The molecule has 0 radical (unpaired) electrons. The maximum Gasteiger partial charge on any atom is 0.291 e. The lowest BCUT2D eigenvalue weighted by molar-refractivity contribution is 0.0982. The fourth-order valence-electron chi connectivity index (χ4n) is 3.14. The number of aromatic nitrogens is 1. The molecule has 32 heavy (non-hydrogen) atoms. The highest BCUT2D eigenvalue weighted by molar-refractivity contribution is 7.14. The van der Waals surface area contributed by atoms with E-state index in [1.54, 1.807) is 41.3 Å². The minimum atomic E-state index is -0.377. The van der Waals surface area contributed by atoms with Gasteiger partial charge in [0.05, 0.1) is 12.0 Å². The zero-order valence-electron chi connectivity index (χ0n) is 17.4. The van der Waals surface area contributed by atoms with Crippen LogP contribution < -0.4 is 10.2 Å². The van der Waals surface area contributed by atoms with Crippen molar-refractivity contribution in [2.75, 3.05) is 16.8 Å². The third kappa shape index (κ3) is 4.53. The second-order valence-corrected chi connectivity index (χ2v) is 7.88. The predicted molar refractivity (Wildman–Crippen MR) is 127 cm³/mol. The molecule has 0 atom stereocenters. The molecule has 160 valence electrons. The Hall–Kier alpha value is -3.97. The molecule has 0 spiro atoms. The number of aryl methyl sites for hydroxylation is 1. The van der Waals surface area contributed by atoms with Crippen molar-refractivity contribution in [2.24, 2.45) is 0 Å². The van der Waals surface area contributed by atoms with Gasteiger partial charge in [0.15, 0.2) is 10.9 Å². The highest BCUT2D eigenvalue weighted by Crippen LogP contribution is 2.29. The van der Waals surface area contributed by atoms with Gasteiger partial charge < -0.3 is 9.73 Å². The minimum Gasteiger partial charge on any atom is -0.459 e. The van der Waals surface area contributed by atoms with E-state index in [0.717, 1.165) is 16.8 Å². The summed E-state index contributed by atoms with van der Waals surface area (Å²) in [6, 6.07) is 18.2. The number of hydrogen-bond acceptors (Lipinski definition) is 5. The first-order chi connectivity index (χ1) is 15.6. The molecule has 0 saturated heterocycles. The summed E-state index contributed by atoms with van der Waals surface area (Å²) in [7, 11) is 0. The minimum absolute atomic E-state index is 0.200. The normalized spacial score (nSPS) is 10.5. The van der Waals surface area contributed by atoms with E-state index in [1.807, 2.05) is 42.6 Å². The summed E-state index contributed by atoms with van der Waals surface area (Å²) in [6.45, 7) is 5.95. The molecule has 1 N–H and O–H groups in total. The number of hydrogen-bond donors (Lipinski definition) is 1. The van der Waals surface area contributed by atoms with Crippen LogP contribution in [0.25, 0.3) is 11.3 Å². The lowest BCUT2D eigenvalue weighted by atomic mass is 10.1. The molecule has 0 unspecified atom stereocenters. The van der Waals surface area contributed by atoms with Crippen LogP contribution in [0.5, 0.6) is 0 Å². The number of benzene rings is 2. The van der Waals surface area contributed by atoms with Gasteiger partial charge in [-0.25, -0.2) is 4.98 Å². The van der Waals surface area contributed by atoms with Crippen molar-refractivity contribution in [3.05, 3.63) is 102 Å². The van der Waals surface area contributed by atoms with Crippen molar-refractivity contribution in [2.45, 2.75) is 6.92 Å². The van der Waals surface area contributed by atoms with Gasteiger partial charge in [0.2, 0.25) is 0 Å². The number of nitrogens with one attached hydrogen (secondary N) is 1. The summed E-state index contributed by atoms with van der Waals surface area (Å²) in [6.07, 6.45) is 3.10. The van der Waals surface area contributed by atoms with Gasteiger partial charge in [-0.15, -0.1) is 17.9 Å². The predicted octanol–water partition coefficient (Wildman–Crippen LogP) is 5.80. The molecule has 2 aromatic heterocycles. The van der Waals surface area contributed by atoms with Crippen LogP contribution >= 0.6 is 11.3 Å². The zero-order chi connectivity index (χ0) is 22.5. The molecule has 0 aliphatic rings. The van der Waals surface area contributed by atoms with Crippen LogP contribution in [0.2, 0.25) is 0 Å². The molecular weight excluding hydrogens is 422 g/mol. The van der Waals surface area contributed by atoms with Gasteiger partial charge in [0, 0.05) is 28.7 Å². The summed E-state index contributed by atoms with van der Waals surface area (Å²) < 4.78 is 5.15. The van der Waals surface area contributed by atoms with Crippen molar-refractivity contribution < 1.29 is 14.0 Å². The molecule has 7 heteroatoms. The number of anilines is 2. The van der Waals surface area contributed by atoms with Crippen LogP contribution in [0.4, 0.5) is 10.8 Å². The number of rotatable bonds is 7. The van der Waals surface area contributed by atoms with Crippen LogP contribution in [-0.4, -0.2) is 23.3 Å². The second-order valence-electron chi connectivity index (χ2n) is 7.05. The van der Waals surface area contributed by atoms with Crippen molar-refractivity contribution in [3.63, 3.8) is 0 Å². The maximum atomic E-state index is 13.4. The summed E-state index contributed by atoms with van der Waals surface area (Å²) in [5.41, 5.74) is 3.60. The van der Waals surface area contributed by atoms with Crippen LogP contribution in [0.3, 0.4) is 0 Å². The third-order valence-corrected chi connectivity index (χ3v) is 5.69. The summed E-state index contributed by atoms with van der Waals surface area (Å²) in [4.78, 5) is 32.0. The Bertz CT molecular complexity index is 1250. The van der Waals surface area contributed by atoms with Crippen molar-refractivity contribution in [1.29, 1.82) is 0 Å². The van der Waals surface area contributed by atoms with Gasteiger partial charge in [-0.3, -0.25) is 14.5 Å². The number of furan rings is 1. The van der Waals surface area contributed by atoms with E-state index in [4.69, 9.17) is 4.42 Å². The standard InChI is InChI=1S/C25H21N3O3S/c1-3-13-28(25-27-21(16-32-25)18-8-5-4-6-9-18)24(30)19-12-11-17(2)20(15-19)26-23(29)22-10-7-14-31-22/h3-12,14-16H,1,13H2,2H3,(H,26,29). The highest BCUT2D eigenvalue weighted by Gasteiger charge is 2.21. The molecule has 2 heterocycles. The van der Waals surface area contributed by atoms with Crippen molar-refractivity contribution in [1.82, 2.24) is 4.98 Å². The zero-order valence-corrected chi connectivity index (χ0v) is 18.3. The van der Waals surface area contributed by atoms with Crippen LogP contribution in [-0.2, 0) is 0 Å². The SMILES string of the molecule is C=CCN(C(=O)c1ccc(C)c(NC(=O)c2ccco2)c1)c1nc(-c2ccccc2)cs1. The van der Waals surface area contributed by atoms with E-state index in [2.05, 4.69) is 16.9 Å². The summed E-state index contributed by atoms with van der Waals surface area (Å²) in [5.74, 6) is -0.406. The quantitative estimate of drug-likeness (QED) is 0.367. The summed E-state index contributed by atoms with van der Waals surface area (Å²) in [5, 5.41) is 5.32. The molecule has 6 nitrogen and oxygen atoms in total. The first-order valence-electron chi connectivity index (χ1n) is 9.96. The van der Waals surface area contributed by atoms with E-state index in [1.165, 1.54) is 17.6 Å². The average Bonchev–Trinajstić information content (AvgIpc) is 3.52. The smallest absolute Gasteiger partial charge is 0.291 e. The molecule has 4 rings (SSSR count). The molecular formula is C25H21N3O3S. The molecule has 2 aromatic carbocycles. The Morgan fingerprint density at radius 1 is 1.16 bits per heavy atom. The number of carbonyl (C=O) groups excluding carboxylic acids is 2. The Kier molecular flexibility index (Phi) is 6.28. The van der Waals surface area contributed by atoms with E-state index < -0.39 is 0 Å². The molecule has 4 aromatic rings. The van der Waals surface area contributed by atoms with Gasteiger partial charge in [-0.2, -0.15) is 0 Å². The lowest BCUT2D eigenvalue weighted by Crippen LogP contribution is -2.31. The Balaban J connectivity index is 1.60. The van der Waals surface area contributed by atoms with Crippen LogP contribution in [0.15, 0.2) is 89.4 Å². The third-order valence-electron chi connectivity index (χ3n) is 4.83. The van der Waals surface area contributed by atoms with Crippen LogP contribution in [0.1, 0.15) is 26.5 Å². The van der Waals surface area contributed by atoms with E-state index in [0.29, 0.717) is 22.9 Å². The fraction of sp³-hybridized carbons (Fsp3) is 0.0800. The maximum absolute atomic E-state index is 13.4. The van der Waals surface area contributed by atoms with Crippen molar-refractivity contribution >= 4 is 34.0 Å². The monoisotopic (exact) mass is 443 g/mol. The highest BCUT2D eigenvalue weighted by atomic mass is 32.1. The van der Waals surface area contributed by atoms with Gasteiger partial charge in [0.25, 0.3) is 11.8 Å². The molecule has 0 aliphatic carbocycles. The van der Waals surface area contributed by atoms with Gasteiger partial charge in [0.1, 0.15) is 0 Å². The Labute approximate surface area is 189 Å². The number of thiazole rings is 1. The van der Waals surface area contributed by atoms with Crippen LogP contribution in [0, 0.1) is 6.92 Å². The van der Waals surface area contributed by atoms with E-state index in [9.17, 15) is 9.59 Å². The van der Waals surface area contributed by atoms with E-state index >= 15 is 0 Å². The summed E-state index contributed by atoms with van der Waals surface area (Å²) >= 11 is 1.40. The number of amides is 2. The first-order valence-corrected chi connectivity index (χ1v) is 10.8. The number of nitrogens with zero attached hydrogens (tertiary/aromatic N) is 2. The molecule has 2 amide bonds. The lowest BCUT2D eigenvalue weighted by Gasteiger charge is -2.19.